The fourth-order valence-corrected chi connectivity index (χ4v) is 2.85. The van der Waals surface area contributed by atoms with Gasteiger partial charge in [-0.3, -0.25) is 9.59 Å². The molecule has 2 rings (SSSR count). The fraction of sp³-hybridized carbons (Fsp3) is 0.222. The fourth-order valence-electron chi connectivity index (χ4n) is 2.26. The molecule has 0 atom stereocenters. The van der Waals surface area contributed by atoms with Crippen LogP contribution in [-0.4, -0.2) is 18.4 Å². The molecule has 0 spiro atoms. The molecule has 0 aliphatic heterocycles. The van der Waals surface area contributed by atoms with Crippen LogP contribution in [-0.2, 0) is 9.59 Å². The summed E-state index contributed by atoms with van der Waals surface area (Å²) in [4.78, 5) is 26.1. The number of rotatable bonds is 5. The second-order valence-electron chi connectivity index (χ2n) is 5.18. The van der Waals surface area contributed by atoms with Gasteiger partial charge < -0.3 is 10.2 Å². The molecular formula is C18H19BrN2O2. The molecule has 0 radical (unpaired) electrons. The largest absolute Gasteiger partial charge is 0.325 e. The lowest BCUT2D eigenvalue weighted by atomic mass is 10.2. The first-order chi connectivity index (χ1) is 11.0. The second kappa shape index (κ2) is 7.92. The van der Waals surface area contributed by atoms with Gasteiger partial charge in [0.25, 0.3) is 0 Å². The molecule has 0 unspecified atom stereocenters. The van der Waals surface area contributed by atoms with Gasteiger partial charge in [0, 0.05) is 16.7 Å². The standard InChI is InChI=1S/C18H19BrN2O2/c1-3-21(14-7-5-4-6-8-14)18(23)12-17(22)20-16-10-9-13(2)11-15(16)19/h4-11H,3,12H2,1-2H3,(H,20,22). The zero-order valence-corrected chi connectivity index (χ0v) is 14.8. The monoisotopic (exact) mass is 374 g/mol. The number of carbonyl (C=O) groups excluding carboxylic acids is 2. The van der Waals surface area contributed by atoms with Crippen molar-refractivity contribution in [3.8, 4) is 0 Å². The van der Waals surface area contributed by atoms with Crippen molar-refractivity contribution in [3.05, 3.63) is 58.6 Å². The predicted molar refractivity (Wildman–Crippen MR) is 96.6 cm³/mol. The summed E-state index contributed by atoms with van der Waals surface area (Å²) in [6.45, 7) is 4.38. The van der Waals surface area contributed by atoms with Crippen molar-refractivity contribution >= 4 is 39.1 Å². The Labute approximate surface area is 144 Å². The van der Waals surface area contributed by atoms with E-state index in [9.17, 15) is 9.59 Å². The van der Waals surface area contributed by atoms with Crippen LogP contribution in [0.5, 0.6) is 0 Å². The normalized spacial score (nSPS) is 10.2. The number of benzene rings is 2. The molecule has 1 N–H and O–H groups in total. The van der Waals surface area contributed by atoms with E-state index in [0.29, 0.717) is 12.2 Å². The van der Waals surface area contributed by atoms with Gasteiger partial charge in [0.15, 0.2) is 0 Å². The maximum Gasteiger partial charge on any atom is 0.236 e. The summed E-state index contributed by atoms with van der Waals surface area (Å²) in [5.41, 5.74) is 2.55. The van der Waals surface area contributed by atoms with Gasteiger partial charge in [-0.15, -0.1) is 0 Å². The Bertz CT molecular complexity index is 701. The van der Waals surface area contributed by atoms with Crippen LogP contribution in [0.15, 0.2) is 53.0 Å². The van der Waals surface area contributed by atoms with E-state index in [1.807, 2.05) is 62.4 Å². The molecule has 0 aliphatic carbocycles. The first-order valence-corrected chi connectivity index (χ1v) is 8.22. The van der Waals surface area contributed by atoms with E-state index in [0.717, 1.165) is 15.7 Å². The average Bonchev–Trinajstić information content (AvgIpc) is 2.52. The Morgan fingerprint density at radius 1 is 1.13 bits per heavy atom. The molecule has 0 bridgehead atoms. The maximum atomic E-state index is 12.4. The van der Waals surface area contributed by atoms with Crippen molar-refractivity contribution in [3.63, 3.8) is 0 Å². The van der Waals surface area contributed by atoms with Crippen molar-refractivity contribution in [2.24, 2.45) is 0 Å². The second-order valence-corrected chi connectivity index (χ2v) is 6.04. The number of hydrogen-bond donors (Lipinski definition) is 1. The predicted octanol–water partition coefficient (Wildman–Crippen LogP) is 4.14. The zero-order valence-electron chi connectivity index (χ0n) is 13.2. The van der Waals surface area contributed by atoms with Gasteiger partial charge in [0.05, 0.1) is 5.69 Å². The van der Waals surface area contributed by atoms with Gasteiger partial charge in [0.1, 0.15) is 6.42 Å². The molecule has 2 aromatic rings. The van der Waals surface area contributed by atoms with Gasteiger partial charge in [0.2, 0.25) is 11.8 Å². The summed E-state index contributed by atoms with van der Waals surface area (Å²) in [5.74, 6) is -0.548. The van der Waals surface area contributed by atoms with Crippen LogP contribution in [0.3, 0.4) is 0 Å². The lowest BCUT2D eigenvalue weighted by molar-refractivity contribution is -0.125. The number of nitrogens with one attached hydrogen (secondary N) is 1. The minimum Gasteiger partial charge on any atom is -0.325 e. The van der Waals surface area contributed by atoms with E-state index in [-0.39, 0.29) is 18.2 Å². The molecule has 0 aliphatic rings. The molecule has 0 aromatic heterocycles. The van der Waals surface area contributed by atoms with Crippen molar-refractivity contribution < 1.29 is 9.59 Å². The Morgan fingerprint density at radius 2 is 1.83 bits per heavy atom. The number of hydrogen-bond acceptors (Lipinski definition) is 2. The Hall–Kier alpha value is -2.14. The topological polar surface area (TPSA) is 49.4 Å². The van der Waals surface area contributed by atoms with E-state index in [4.69, 9.17) is 0 Å². The van der Waals surface area contributed by atoms with Crippen LogP contribution < -0.4 is 10.2 Å². The molecule has 0 saturated heterocycles. The molecule has 5 heteroatoms. The van der Waals surface area contributed by atoms with Crippen LogP contribution in [0.2, 0.25) is 0 Å². The third-order valence-electron chi connectivity index (χ3n) is 3.40. The highest BCUT2D eigenvalue weighted by atomic mass is 79.9. The van der Waals surface area contributed by atoms with Gasteiger partial charge in [-0.2, -0.15) is 0 Å². The highest BCUT2D eigenvalue weighted by Crippen LogP contribution is 2.23. The summed E-state index contributed by atoms with van der Waals surface area (Å²) < 4.78 is 0.800. The van der Waals surface area contributed by atoms with Gasteiger partial charge in [-0.25, -0.2) is 0 Å². The average molecular weight is 375 g/mol. The SMILES string of the molecule is CCN(C(=O)CC(=O)Nc1ccc(C)cc1Br)c1ccccc1. The van der Waals surface area contributed by atoms with Gasteiger partial charge >= 0.3 is 0 Å². The number of aryl methyl sites for hydroxylation is 1. The molecule has 0 heterocycles. The summed E-state index contributed by atoms with van der Waals surface area (Å²) in [6, 6.07) is 15.0. The van der Waals surface area contributed by atoms with Crippen molar-refractivity contribution in [2.75, 3.05) is 16.8 Å². The quantitative estimate of drug-likeness (QED) is 0.799. The Kier molecular flexibility index (Phi) is 5.93. The molecule has 2 amide bonds. The van der Waals surface area contributed by atoms with Crippen LogP contribution in [0, 0.1) is 6.92 Å². The molecule has 0 fully saturated rings. The third kappa shape index (κ3) is 4.66. The first kappa shape index (κ1) is 17.2. The third-order valence-corrected chi connectivity index (χ3v) is 4.05. The van der Waals surface area contributed by atoms with E-state index in [1.165, 1.54) is 0 Å². The van der Waals surface area contributed by atoms with E-state index >= 15 is 0 Å². The number of para-hydroxylation sites is 1. The molecule has 2 aromatic carbocycles. The van der Waals surface area contributed by atoms with Crippen LogP contribution in [0.4, 0.5) is 11.4 Å². The minimum atomic E-state index is -0.325. The van der Waals surface area contributed by atoms with Gasteiger partial charge in [-0.1, -0.05) is 24.3 Å². The van der Waals surface area contributed by atoms with Crippen LogP contribution in [0.25, 0.3) is 0 Å². The summed E-state index contributed by atoms with van der Waals surface area (Å²) in [6.07, 6.45) is -0.191. The Balaban J connectivity index is 2.02. The Morgan fingerprint density at radius 3 is 2.43 bits per heavy atom. The molecular weight excluding hydrogens is 356 g/mol. The number of halogens is 1. The van der Waals surface area contributed by atoms with Crippen LogP contribution in [0.1, 0.15) is 18.9 Å². The molecule has 23 heavy (non-hydrogen) atoms. The van der Waals surface area contributed by atoms with E-state index in [1.54, 1.807) is 4.90 Å². The number of carbonyl (C=O) groups is 2. The highest BCUT2D eigenvalue weighted by molar-refractivity contribution is 9.10. The van der Waals surface area contributed by atoms with Crippen LogP contribution >= 0.6 is 15.9 Å². The lowest BCUT2D eigenvalue weighted by Gasteiger charge is -2.20. The first-order valence-electron chi connectivity index (χ1n) is 7.42. The molecule has 120 valence electrons. The number of nitrogens with zero attached hydrogens (tertiary/aromatic N) is 1. The smallest absolute Gasteiger partial charge is 0.236 e. The van der Waals surface area contributed by atoms with Crippen molar-refractivity contribution in [2.45, 2.75) is 20.3 Å². The lowest BCUT2D eigenvalue weighted by Crippen LogP contribution is -2.33. The number of anilines is 2. The van der Waals surface area contributed by atoms with E-state index in [2.05, 4.69) is 21.2 Å². The molecule has 0 saturated carbocycles. The van der Waals surface area contributed by atoms with Crippen molar-refractivity contribution in [1.29, 1.82) is 0 Å². The zero-order chi connectivity index (χ0) is 16.8. The van der Waals surface area contributed by atoms with Gasteiger partial charge in [-0.05, 0) is 59.6 Å². The molecule has 4 nitrogen and oxygen atoms in total. The minimum absolute atomic E-state index is 0.191. The summed E-state index contributed by atoms with van der Waals surface area (Å²) >= 11 is 3.41. The van der Waals surface area contributed by atoms with E-state index < -0.39 is 0 Å². The highest BCUT2D eigenvalue weighted by Gasteiger charge is 2.18. The van der Waals surface area contributed by atoms with Crippen molar-refractivity contribution in [1.82, 2.24) is 0 Å². The summed E-state index contributed by atoms with van der Waals surface area (Å²) in [7, 11) is 0. The maximum absolute atomic E-state index is 12.4. The summed E-state index contributed by atoms with van der Waals surface area (Å²) in [5, 5.41) is 2.77. The number of amides is 2.